The largest absolute Gasteiger partial charge is 0.379 e. The SMILES string of the molecule is CN(Cc1cccc(C#N)c1)C(=O)c1cc(=O)[nH]c2ccc(S(=O)(=O)N3CCOCC3)cc12. The Bertz CT molecular complexity index is 1420. The number of fused-ring (bicyclic) bond motifs is 1. The lowest BCUT2D eigenvalue weighted by atomic mass is 10.1. The zero-order valence-corrected chi connectivity index (χ0v) is 18.8. The molecule has 0 unspecified atom stereocenters. The third-order valence-electron chi connectivity index (χ3n) is 5.48. The average molecular weight is 467 g/mol. The van der Waals surface area contributed by atoms with E-state index in [1.54, 1.807) is 31.3 Å². The maximum atomic E-state index is 13.3. The Morgan fingerprint density at radius 3 is 2.67 bits per heavy atom. The van der Waals surface area contributed by atoms with Crippen LogP contribution >= 0.6 is 0 Å². The summed E-state index contributed by atoms with van der Waals surface area (Å²) >= 11 is 0. The van der Waals surface area contributed by atoms with E-state index >= 15 is 0 Å². The minimum absolute atomic E-state index is 0.0439. The lowest BCUT2D eigenvalue weighted by Crippen LogP contribution is -2.40. The summed E-state index contributed by atoms with van der Waals surface area (Å²) in [5.41, 5.74) is 1.25. The Morgan fingerprint density at radius 1 is 1.18 bits per heavy atom. The van der Waals surface area contributed by atoms with Gasteiger partial charge < -0.3 is 14.6 Å². The number of nitrogens with one attached hydrogen (secondary N) is 1. The van der Waals surface area contributed by atoms with Crippen LogP contribution in [0.15, 0.2) is 58.2 Å². The van der Waals surface area contributed by atoms with Gasteiger partial charge in [0.1, 0.15) is 0 Å². The van der Waals surface area contributed by atoms with Crippen molar-refractivity contribution in [1.29, 1.82) is 5.26 Å². The minimum atomic E-state index is -3.78. The summed E-state index contributed by atoms with van der Waals surface area (Å²) < 4.78 is 32.8. The van der Waals surface area contributed by atoms with Crippen molar-refractivity contribution < 1.29 is 17.9 Å². The second kappa shape index (κ2) is 9.15. The number of nitriles is 1. The van der Waals surface area contributed by atoms with Crippen LogP contribution in [0.2, 0.25) is 0 Å². The summed E-state index contributed by atoms with van der Waals surface area (Å²) in [6.07, 6.45) is 0. The second-order valence-electron chi connectivity index (χ2n) is 7.74. The lowest BCUT2D eigenvalue weighted by Gasteiger charge is -2.26. The number of pyridine rings is 1. The van der Waals surface area contributed by atoms with Gasteiger partial charge in [0.05, 0.1) is 35.3 Å². The Morgan fingerprint density at radius 2 is 1.94 bits per heavy atom. The summed E-state index contributed by atoms with van der Waals surface area (Å²) in [6, 6.07) is 14.5. The first kappa shape index (κ1) is 22.7. The number of sulfonamides is 1. The highest BCUT2D eigenvalue weighted by Gasteiger charge is 2.27. The molecule has 1 aromatic heterocycles. The van der Waals surface area contributed by atoms with Crippen LogP contribution in [0.5, 0.6) is 0 Å². The first-order chi connectivity index (χ1) is 15.8. The van der Waals surface area contributed by atoms with E-state index in [1.807, 2.05) is 0 Å². The highest BCUT2D eigenvalue weighted by molar-refractivity contribution is 7.89. The molecule has 0 saturated carbocycles. The minimum Gasteiger partial charge on any atom is -0.379 e. The van der Waals surface area contributed by atoms with Gasteiger partial charge in [-0.3, -0.25) is 9.59 Å². The number of aromatic amines is 1. The highest BCUT2D eigenvalue weighted by Crippen LogP contribution is 2.24. The van der Waals surface area contributed by atoms with E-state index in [4.69, 9.17) is 10.00 Å². The molecule has 0 radical (unpaired) electrons. The fourth-order valence-corrected chi connectivity index (χ4v) is 5.23. The number of morpholine rings is 1. The molecule has 3 aromatic rings. The maximum Gasteiger partial charge on any atom is 0.254 e. The van der Waals surface area contributed by atoms with E-state index in [9.17, 15) is 18.0 Å². The first-order valence-corrected chi connectivity index (χ1v) is 11.7. The topological polar surface area (TPSA) is 124 Å². The van der Waals surface area contributed by atoms with Gasteiger partial charge in [-0.15, -0.1) is 0 Å². The van der Waals surface area contributed by atoms with Crippen molar-refractivity contribution in [1.82, 2.24) is 14.2 Å². The predicted molar refractivity (Wildman–Crippen MR) is 121 cm³/mol. The van der Waals surface area contributed by atoms with Crippen molar-refractivity contribution in [3.63, 3.8) is 0 Å². The van der Waals surface area contributed by atoms with Gasteiger partial charge in [-0.2, -0.15) is 9.57 Å². The molecule has 10 heteroatoms. The second-order valence-corrected chi connectivity index (χ2v) is 9.68. The highest BCUT2D eigenvalue weighted by atomic mass is 32.2. The van der Waals surface area contributed by atoms with Crippen LogP contribution in [0.3, 0.4) is 0 Å². The van der Waals surface area contributed by atoms with Gasteiger partial charge in [-0.1, -0.05) is 12.1 Å². The van der Waals surface area contributed by atoms with Crippen molar-refractivity contribution in [3.05, 3.63) is 75.6 Å². The van der Waals surface area contributed by atoms with Crippen molar-refractivity contribution in [3.8, 4) is 6.07 Å². The van der Waals surface area contributed by atoms with Gasteiger partial charge >= 0.3 is 0 Å². The van der Waals surface area contributed by atoms with Gasteiger partial charge in [0.25, 0.3) is 5.91 Å². The molecule has 1 fully saturated rings. The average Bonchev–Trinajstić information content (AvgIpc) is 2.83. The molecule has 1 amide bonds. The molecule has 0 atom stereocenters. The molecular weight excluding hydrogens is 444 g/mol. The third kappa shape index (κ3) is 4.66. The predicted octanol–water partition coefficient (Wildman–Crippen LogP) is 1.69. The number of benzene rings is 2. The molecule has 1 aliphatic rings. The number of H-pyrrole nitrogens is 1. The van der Waals surface area contributed by atoms with E-state index < -0.39 is 21.5 Å². The monoisotopic (exact) mass is 466 g/mol. The molecule has 0 bridgehead atoms. The fourth-order valence-electron chi connectivity index (χ4n) is 3.80. The van der Waals surface area contributed by atoms with E-state index in [-0.39, 0.29) is 30.1 Å². The molecule has 9 nitrogen and oxygen atoms in total. The zero-order chi connectivity index (χ0) is 23.6. The normalized spacial score (nSPS) is 14.7. The van der Waals surface area contributed by atoms with Gasteiger partial charge in [-0.05, 0) is 35.9 Å². The molecule has 2 heterocycles. The van der Waals surface area contributed by atoms with Crippen LogP contribution in [0.1, 0.15) is 21.5 Å². The van der Waals surface area contributed by atoms with E-state index in [2.05, 4.69) is 11.1 Å². The summed E-state index contributed by atoms with van der Waals surface area (Å²) in [5, 5.41) is 9.43. The van der Waals surface area contributed by atoms with E-state index in [1.165, 1.54) is 33.5 Å². The quantitative estimate of drug-likeness (QED) is 0.610. The van der Waals surface area contributed by atoms with Crippen LogP contribution in [0.4, 0.5) is 0 Å². The zero-order valence-electron chi connectivity index (χ0n) is 17.9. The lowest BCUT2D eigenvalue weighted by molar-refractivity contribution is 0.0730. The van der Waals surface area contributed by atoms with Gasteiger partial charge in [0.2, 0.25) is 15.6 Å². The standard InChI is InChI=1S/C23H22N4O5S/c1-26(15-17-4-2-3-16(11-17)14-24)23(29)20-13-22(28)25-21-6-5-18(12-19(20)21)33(30,31)27-7-9-32-10-8-27/h2-6,11-13H,7-10,15H2,1H3,(H,25,28). The van der Waals surface area contributed by atoms with Crippen molar-refractivity contribution >= 4 is 26.8 Å². The molecule has 0 spiro atoms. The number of carbonyl (C=O) groups excluding carboxylic acids is 1. The number of hydrogen-bond donors (Lipinski definition) is 1. The van der Waals surface area contributed by atoms with Gasteiger partial charge in [0.15, 0.2) is 0 Å². The van der Waals surface area contributed by atoms with Crippen molar-refractivity contribution in [2.75, 3.05) is 33.4 Å². The van der Waals surface area contributed by atoms with Crippen LogP contribution < -0.4 is 5.56 Å². The summed E-state index contributed by atoms with van der Waals surface area (Å²) in [5.74, 6) is -0.436. The van der Waals surface area contributed by atoms with Gasteiger partial charge in [-0.25, -0.2) is 8.42 Å². The molecule has 1 saturated heterocycles. The first-order valence-electron chi connectivity index (χ1n) is 10.3. The smallest absolute Gasteiger partial charge is 0.254 e. The number of ether oxygens (including phenoxy) is 1. The van der Waals surface area contributed by atoms with Crippen LogP contribution in [0.25, 0.3) is 10.9 Å². The maximum absolute atomic E-state index is 13.3. The fraction of sp³-hybridized carbons (Fsp3) is 0.261. The van der Waals surface area contributed by atoms with Crippen molar-refractivity contribution in [2.24, 2.45) is 0 Å². The number of amides is 1. The number of aromatic nitrogens is 1. The molecule has 170 valence electrons. The molecule has 1 aliphatic heterocycles. The van der Waals surface area contributed by atoms with Crippen LogP contribution in [-0.4, -0.2) is 61.9 Å². The number of nitrogens with zero attached hydrogens (tertiary/aromatic N) is 3. The summed E-state index contributed by atoms with van der Waals surface area (Å²) in [4.78, 5) is 29.6. The Labute approximate surface area is 190 Å². The molecule has 0 aliphatic carbocycles. The Hall–Kier alpha value is -3.52. The van der Waals surface area contributed by atoms with E-state index in [0.29, 0.717) is 29.7 Å². The van der Waals surface area contributed by atoms with Crippen LogP contribution in [0, 0.1) is 11.3 Å². The molecule has 4 rings (SSSR count). The summed E-state index contributed by atoms with van der Waals surface area (Å²) in [6.45, 7) is 1.36. The number of rotatable bonds is 5. The Balaban J connectivity index is 1.71. The molecule has 2 aromatic carbocycles. The number of hydrogen-bond acceptors (Lipinski definition) is 6. The molecule has 33 heavy (non-hydrogen) atoms. The van der Waals surface area contributed by atoms with E-state index in [0.717, 1.165) is 5.56 Å². The third-order valence-corrected chi connectivity index (χ3v) is 7.37. The van der Waals surface area contributed by atoms with Crippen molar-refractivity contribution in [2.45, 2.75) is 11.4 Å². The summed E-state index contributed by atoms with van der Waals surface area (Å²) in [7, 11) is -2.19. The molecular formula is C23H22N4O5S. The number of carbonyl (C=O) groups is 1. The Kier molecular flexibility index (Phi) is 6.29. The van der Waals surface area contributed by atoms with Crippen LogP contribution in [-0.2, 0) is 21.3 Å². The molecule has 1 N–H and O–H groups in total. The van der Waals surface area contributed by atoms with Gasteiger partial charge in [0, 0.05) is 43.7 Å².